The first-order valence-electron chi connectivity index (χ1n) is 7.26. The smallest absolute Gasteiger partial charge is 0.260 e. The molecular weight excluding hydrogens is 318 g/mol. The zero-order valence-electron chi connectivity index (χ0n) is 13.0. The molecule has 1 fully saturated rings. The largest absolute Gasteiger partial charge is 0.334 e. The monoisotopic (exact) mass is 337 g/mol. The molecule has 3 rings (SSSR count). The second-order valence-electron chi connectivity index (χ2n) is 5.58. The third-order valence-electron chi connectivity index (χ3n) is 3.70. The Morgan fingerprint density at radius 2 is 2.17 bits per heavy atom. The standard InChI is InChI=1S/C14H19N5O3S/c1-19-8-7-15-9-12(19)13-16-14(22-17-13)10-5-3-4-6-11(10)18-23(2,20)21/h3-6,12,15,18H,7-9H2,1-2H3. The molecule has 8 nitrogen and oxygen atoms in total. The van der Waals surface area contributed by atoms with Gasteiger partial charge in [-0.1, -0.05) is 17.3 Å². The quantitative estimate of drug-likeness (QED) is 0.846. The number of nitrogens with zero attached hydrogens (tertiary/aromatic N) is 3. The number of benzene rings is 1. The SMILES string of the molecule is CN1CCNCC1c1noc(-c2ccccc2NS(C)(=O)=O)n1. The molecule has 0 radical (unpaired) electrons. The van der Waals surface area contributed by atoms with Crippen LogP contribution in [0.4, 0.5) is 5.69 Å². The number of hydrogen-bond donors (Lipinski definition) is 2. The molecule has 1 atom stereocenters. The summed E-state index contributed by atoms with van der Waals surface area (Å²) in [7, 11) is -1.37. The van der Waals surface area contributed by atoms with E-state index in [0.717, 1.165) is 25.9 Å². The lowest BCUT2D eigenvalue weighted by Gasteiger charge is -2.30. The predicted octanol–water partition coefficient (Wildman–Crippen LogP) is 0.684. The van der Waals surface area contributed by atoms with Crippen molar-refractivity contribution < 1.29 is 12.9 Å². The fourth-order valence-corrected chi connectivity index (χ4v) is 3.11. The summed E-state index contributed by atoms with van der Waals surface area (Å²) in [6, 6.07) is 6.98. The summed E-state index contributed by atoms with van der Waals surface area (Å²) < 4.78 is 30.8. The summed E-state index contributed by atoms with van der Waals surface area (Å²) in [6.07, 6.45) is 1.10. The Kier molecular flexibility index (Phi) is 4.33. The summed E-state index contributed by atoms with van der Waals surface area (Å²) in [4.78, 5) is 6.61. The number of sulfonamides is 1. The van der Waals surface area contributed by atoms with Gasteiger partial charge in [-0.25, -0.2) is 8.42 Å². The van der Waals surface area contributed by atoms with E-state index in [0.29, 0.717) is 23.0 Å². The molecule has 2 aromatic rings. The molecule has 1 aromatic heterocycles. The number of nitrogens with one attached hydrogen (secondary N) is 2. The van der Waals surface area contributed by atoms with Crippen LogP contribution in [0.2, 0.25) is 0 Å². The maximum Gasteiger partial charge on any atom is 0.260 e. The summed E-state index contributed by atoms with van der Waals surface area (Å²) >= 11 is 0. The number of piperazine rings is 1. The van der Waals surface area contributed by atoms with Crippen LogP contribution in [0, 0.1) is 0 Å². The fraction of sp³-hybridized carbons (Fsp3) is 0.429. The molecule has 23 heavy (non-hydrogen) atoms. The van der Waals surface area contributed by atoms with Crippen molar-refractivity contribution in [2.24, 2.45) is 0 Å². The van der Waals surface area contributed by atoms with Crippen LogP contribution in [0.5, 0.6) is 0 Å². The fourth-order valence-electron chi connectivity index (χ4n) is 2.53. The van der Waals surface area contributed by atoms with Gasteiger partial charge in [0.05, 0.1) is 23.5 Å². The Balaban J connectivity index is 1.91. The third-order valence-corrected chi connectivity index (χ3v) is 4.29. The number of hydrogen-bond acceptors (Lipinski definition) is 7. The van der Waals surface area contributed by atoms with Gasteiger partial charge in [-0.2, -0.15) is 4.98 Å². The minimum Gasteiger partial charge on any atom is -0.334 e. The number of rotatable bonds is 4. The van der Waals surface area contributed by atoms with Crippen LogP contribution in [-0.2, 0) is 10.0 Å². The molecule has 0 aliphatic carbocycles. The average molecular weight is 337 g/mol. The Morgan fingerprint density at radius 3 is 2.91 bits per heavy atom. The van der Waals surface area contributed by atoms with Crippen molar-refractivity contribution in [3.8, 4) is 11.5 Å². The van der Waals surface area contributed by atoms with Crippen molar-refractivity contribution in [2.45, 2.75) is 6.04 Å². The summed E-state index contributed by atoms with van der Waals surface area (Å²) in [6.45, 7) is 2.58. The van der Waals surface area contributed by atoms with E-state index in [1.807, 2.05) is 7.05 Å². The number of anilines is 1. The van der Waals surface area contributed by atoms with Gasteiger partial charge in [-0.15, -0.1) is 0 Å². The van der Waals surface area contributed by atoms with Gasteiger partial charge in [-0.05, 0) is 19.2 Å². The van der Waals surface area contributed by atoms with Crippen molar-refractivity contribution in [3.63, 3.8) is 0 Å². The maximum absolute atomic E-state index is 11.5. The second kappa shape index (κ2) is 6.26. The van der Waals surface area contributed by atoms with E-state index in [4.69, 9.17) is 4.52 Å². The molecule has 0 bridgehead atoms. The van der Waals surface area contributed by atoms with Gasteiger partial charge >= 0.3 is 0 Å². The highest BCUT2D eigenvalue weighted by Gasteiger charge is 2.26. The van der Waals surface area contributed by atoms with Crippen molar-refractivity contribution in [1.29, 1.82) is 0 Å². The highest BCUT2D eigenvalue weighted by molar-refractivity contribution is 7.92. The molecule has 0 amide bonds. The summed E-state index contributed by atoms with van der Waals surface area (Å²) in [5.41, 5.74) is 0.975. The van der Waals surface area contributed by atoms with E-state index in [1.54, 1.807) is 24.3 Å². The van der Waals surface area contributed by atoms with Gasteiger partial charge in [0.1, 0.15) is 0 Å². The Labute approximate surface area is 134 Å². The van der Waals surface area contributed by atoms with Gasteiger partial charge in [-0.3, -0.25) is 9.62 Å². The molecule has 9 heteroatoms. The maximum atomic E-state index is 11.5. The molecule has 124 valence electrons. The molecule has 1 aromatic carbocycles. The lowest BCUT2D eigenvalue weighted by atomic mass is 10.1. The normalized spacial score (nSPS) is 19.7. The Hall–Kier alpha value is -1.97. The van der Waals surface area contributed by atoms with E-state index in [9.17, 15) is 8.42 Å². The Bertz CT molecular complexity index is 789. The minimum absolute atomic E-state index is 0.0382. The molecule has 0 saturated carbocycles. The predicted molar refractivity (Wildman–Crippen MR) is 86.4 cm³/mol. The van der Waals surface area contributed by atoms with E-state index in [-0.39, 0.29) is 6.04 Å². The van der Waals surface area contributed by atoms with E-state index < -0.39 is 10.0 Å². The molecule has 1 aliphatic heterocycles. The van der Waals surface area contributed by atoms with Crippen LogP contribution in [0.3, 0.4) is 0 Å². The number of aromatic nitrogens is 2. The average Bonchev–Trinajstić information content (AvgIpc) is 2.96. The van der Waals surface area contributed by atoms with Crippen molar-refractivity contribution >= 4 is 15.7 Å². The van der Waals surface area contributed by atoms with Gasteiger partial charge in [0.2, 0.25) is 10.0 Å². The van der Waals surface area contributed by atoms with E-state index in [2.05, 4.69) is 25.1 Å². The van der Waals surface area contributed by atoms with E-state index in [1.165, 1.54) is 0 Å². The van der Waals surface area contributed by atoms with Crippen LogP contribution in [0.25, 0.3) is 11.5 Å². The topological polar surface area (TPSA) is 100 Å². The van der Waals surface area contributed by atoms with Crippen molar-refractivity contribution in [2.75, 3.05) is 37.7 Å². The molecule has 2 heterocycles. The zero-order chi connectivity index (χ0) is 16.4. The van der Waals surface area contributed by atoms with Crippen molar-refractivity contribution in [3.05, 3.63) is 30.1 Å². The number of para-hydroxylation sites is 1. The van der Waals surface area contributed by atoms with Crippen molar-refractivity contribution in [1.82, 2.24) is 20.4 Å². The lowest BCUT2D eigenvalue weighted by molar-refractivity contribution is 0.190. The highest BCUT2D eigenvalue weighted by Crippen LogP contribution is 2.28. The van der Waals surface area contributed by atoms with E-state index >= 15 is 0 Å². The van der Waals surface area contributed by atoms with Crippen LogP contribution in [-0.4, -0.2) is 56.4 Å². The van der Waals surface area contributed by atoms with Gasteiger partial charge in [0.25, 0.3) is 5.89 Å². The summed E-state index contributed by atoms with van der Waals surface area (Å²) in [5.74, 6) is 0.884. The minimum atomic E-state index is -3.39. The molecule has 2 N–H and O–H groups in total. The molecular formula is C14H19N5O3S. The first-order chi connectivity index (χ1) is 10.9. The van der Waals surface area contributed by atoms with Crippen LogP contribution < -0.4 is 10.0 Å². The molecule has 0 spiro atoms. The van der Waals surface area contributed by atoms with Gasteiger partial charge < -0.3 is 9.84 Å². The molecule has 1 unspecified atom stereocenters. The summed E-state index contributed by atoms with van der Waals surface area (Å²) in [5, 5.41) is 7.36. The third kappa shape index (κ3) is 3.69. The van der Waals surface area contributed by atoms with Crippen LogP contribution >= 0.6 is 0 Å². The zero-order valence-corrected chi connectivity index (χ0v) is 13.8. The Morgan fingerprint density at radius 1 is 1.39 bits per heavy atom. The first kappa shape index (κ1) is 15.9. The highest BCUT2D eigenvalue weighted by atomic mass is 32.2. The molecule has 1 aliphatic rings. The second-order valence-corrected chi connectivity index (χ2v) is 7.33. The molecule has 1 saturated heterocycles. The van der Waals surface area contributed by atoms with Crippen LogP contribution in [0.15, 0.2) is 28.8 Å². The first-order valence-corrected chi connectivity index (χ1v) is 9.15. The lowest BCUT2D eigenvalue weighted by Crippen LogP contribution is -2.44. The van der Waals surface area contributed by atoms with Gasteiger partial charge in [0, 0.05) is 19.6 Å². The number of likely N-dealkylation sites (N-methyl/N-ethyl adjacent to an activating group) is 1. The van der Waals surface area contributed by atoms with Crippen LogP contribution in [0.1, 0.15) is 11.9 Å². The van der Waals surface area contributed by atoms with Gasteiger partial charge in [0.15, 0.2) is 5.82 Å².